The first-order chi connectivity index (χ1) is 12.6. The second-order valence-electron chi connectivity index (χ2n) is 7.35. The summed E-state index contributed by atoms with van der Waals surface area (Å²) in [6.45, 7) is 6.91. The van der Waals surface area contributed by atoms with Crippen LogP contribution >= 0.6 is 0 Å². The maximum Gasteiger partial charge on any atom is 0.335 e. The van der Waals surface area contributed by atoms with Crippen molar-refractivity contribution in [2.45, 2.75) is 32.2 Å². The van der Waals surface area contributed by atoms with Crippen molar-refractivity contribution >= 4 is 11.9 Å². The number of likely N-dealkylation sites (tertiary alicyclic amines) is 1. The predicted octanol–water partition coefficient (Wildman–Crippen LogP) is 1.90. The second kappa shape index (κ2) is 9.14. The highest BCUT2D eigenvalue weighted by atomic mass is 16.4. The van der Waals surface area contributed by atoms with E-state index in [1.807, 2.05) is 17.0 Å². The lowest BCUT2D eigenvalue weighted by Crippen LogP contribution is -2.49. The molecule has 1 amide bonds. The van der Waals surface area contributed by atoms with Gasteiger partial charge in [0.25, 0.3) is 0 Å². The summed E-state index contributed by atoms with van der Waals surface area (Å²) in [5.74, 6) is -0.608. The van der Waals surface area contributed by atoms with Crippen LogP contribution in [0.2, 0.25) is 0 Å². The number of amides is 1. The van der Waals surface area contributed by atoms with Gasteiger partial charge in [-0.15, -0.1) is 0 Å². The molecule has 2 aliphatic heterocycles. The van der Waals surface area contributed by atoms with Gasteiger partial charge in [0, 0.05) is 45.8 Å². The van der Waals surface area contributed by atoms with Gasteiger partial charge in [-0.25, -0.2) is 4.79 Å². The van der Waals surface area contributed by atoms with E-state index in [9.17, 15) is 9.59 Å². The molecule has 0 aliphatic carbocycles. The van der Waals surface area contributed by atoms with E-state index in [4.69, 9.17) is 5.11 Å². The van der Waals surface area contributed by atoms with Crippen molar-refractivity contribution < 1.29 is 14.7 Å². The zero-order valence-corrected chi connectivity index (χ0v) is 15.4. The molecule has 6 nitrogen and oxygen atoms in total. The molecule has 1 aromatic rings. The molecule has 0 unspecified atom stereocenters. The van der Waals surface area contributed by atoms with E-state index >= 15 is 0 Å². The molecular formula is C20H29N3O3. The Kier molecular flexibility index (Phi) is 6.63. The SMILES string of the molecule is O=C(O)c1ccc(CN2CCN(CC(=O)N3CCCCCC3)CC2)cc1. The minimum absolute atomic E-state index is 0.282. The number of carbonyl (C=O) groups is 2. The van der Waals surface area contributed by atoms with E-state index in [1.165, 1.54) is 12.8 Å². The molecule has 2 fully saturated rings. The molecule has 0 spiro atoms. The molecule has 6 heteroatoms. The molecule has 2 aliphatic rings. The van der Waals surface area contributed by atoms with Crippen LogP contribution in [0.15, 0.2) is 24.3 Å². The van der Waals surface area contributed by atoms with Crippen molar-refractivity contribution in [1.29, 1.82) is 0 Å². The van der Waals surface area contributed by atoms with Gasteiger partial charge in [0.05, 0.1) is 12.1 Å². The quantitative estimate of drug-likeness (QED) is 0.870. The van der Waals surface area contributed by atoms with Crippen molar-refractivity contribution in [2.24, 2.45) is 0 Å². The molecule has 26 heavy (non-hydrogen) atoms. The lowest BCUT2D eigenvalue weighted by atomic mass is 10.1. The Hall–Kier alpha value is -1.92. The summed E-state index contributed by atoms with van der Waals surface area (Å²) in [6.07, 6.45) is 4.77. The Balaban J connectivity index is 1.42. The zero-order chi connectivity index (χ0) is 18.4. The van der Waals surface area contributed by atoms with Crippen LogP contribution in [0.5, 0.6) is 0 Å². The number of rotatable bonds is 5. The van der Waals surface area contributed by atoms with Crippen LogP contribution in [-0.2, 0) is 11.3 Å². The molecule has 0 atom stereocenters. The molecule has 3 rings (SSSR count). The lowest BCUT2D eigenvalue weighted by Gasteiger charge is -2.35. The Morgan fingerprint density at radius 3 is 1.96 bits per heavy atom. The molecule has 0 aromatic heterocycles. The molecule has 1 N–H and O–H groups in total. The van der Waals surface area contributed by atoms with Crippen molar-refractivity contribution in [2.75, 3.05) is 45.8 Å². The van der Waals surface area contributed by atoms with Gasteiger partial charge in [-0.2, -0.15) is 0 Å². The summed E-state index contributed by atoms with van der Waals surface area (Å²) in [6, 6.07) is 7.10. The van der Waals surface area contributed by atoms with Crippen molar-refractivity contribution in [1.82, 2.24) is 14.7 Å². The van der Waals surface area contributed by atoms with Crippen molar-refractivity contribution in [3.8, 4) is 0 Å². The molecule has 0 saturated carbocycles. The number of carbonyl (C=O) groups excluding carboxylic acids is 1. The highest BCUT2D eigenvalue weighted by Gasteiger charge is 2.22. The zero-order valence-electron chi connectivity index (χ0n) is 15.4. The van der Waals surface area contributed by atoms with Crippen LogP contribution in [0.25, 0.3) is 0 Å². The van der Waals surface area contributed by atoms with Crippen LogP contribution in [-0.4, -0.2) is 77.5 Å². The number of aromatic carboxylic acids is 1. The van der Waals surface area contributed by atoms with Gasteiger partial charge >= 0.3 is 5.97 Å². The Bertz CT molecular complexity index is 601. The Labute approximate surface area is 155 Å². The number of benzene rings is 1. The summed E-state index contributed by atoms with van der Waals surface area (Å²) in [5.41, 5.74) is 1.45. The van der Waals surface area contributed by atoms with Crippen molar-refractivity contribution in [3.63, 3.8) is 0 Å². The summed E-state index contributed by atoms with van der Waals surface area (Å²) in [5, 5.41) is 8.96. The fraction of sp³-hybridized carbons (Fsp3) is 0.600. The van der Waals surface area contributed by atoms with Crippen LogP contribution in [0.4, 0.5) is 0 Å². The monoisotopic (exact) mass is 359 g/mol. The fourth-order valence-corrected chi connectivity index (χ4v) is 3.73. The van der Waals surface area contributed by atoms with Gasteiger partial charge in [-0.3, -0.25) is 14.6 Å². The first-order valence-electron chi connectivity index (χ1n) is 9.66. The highest BCUT2D eigenvalue weighted by Crippen LogP contribution is 2.12. The molecule has 0 radical (unpaired) electrons. The molecular weight excluding hydrogens is 330 g/mol. The number of nitrogens with zero attached hydrogens (tertiary/aromatic N) is 3. The van der Waals surface area contributed by atoms with E-state index in [-0.39, 0.29) is 5.91 Å². The predicted molar refractivity (Wildman–Crippen MR) is 100 cm³/mol. The van der Waals surface area contributed by atoms with Gasteiger partial charge in [0.15, 0.2) is 0 Å². The fourth-order valence-electron chi connectivity index (χ4n) is 3.73. The average Bonchev–Trinajstić information content (AvgIpc) is 2.93. The van der Waals surface area contributed by atoms with Crippen LogP contribution in [0, 0.1) is 0 Å². The summed E-state index contributed by atoms with van der Waals surface area (Å²) in [4.78, 5) is 30.1. The maximum absolute atomic E-state index is 12.5. The smallest absolute Gasteiger partial charge is 0.335 e. The Morgan fingerprint density at radius 2 is 1.38 bits per heavy atom. The highest BCUT2D eigenvalue weighted by molar-refractivity contribution is 5.87. The number of piperazine rings is 1. The van der Waals surface area contributed by atoms with E-state index in [0.29, 0.717) is 12.1 Å². The molecule has 1 aromatic carbocycles. The summed E-state index contributed by atoms with van der Waals surface area (Å²) < 4.78 is 0. The minimum Gasteiger partial charge on any atom is -0.478 e. The molecule has 2 saturated heterocycles. The number of hydrogen-bond acceptors (Lipinski definition) is 4. The van der Waals surface area contributed by atoms with E-state index in [1.54, 1.807) is 12.1 Å². The normalized spacial score (nSPS) is 19.9. The number of carboxylic acid groups (broad SMARTS) is 1. The lowest BCUT2D eigenvalue weighted by molar-refractivity contribution is -0.132. The van der Waals surface area contributed by atoms with Gasteiger partial charge in [-0.1, -0.05) is 25.0 Å². The summed E-state index contributed by atoms with van der Waals surface area (Å²) >= 11 is 0. The molecule has 2 heterocycles. The Morgan fingerprint density at radius 1 is 0.808 bits per heavy atom. The van der Waals surface area contributed by atoms with Gasteiger partial charge in [-0.05, 0) is 30.5 Å². The van der Waals surface area contributed by atoms with Crippen molar-refractivity contribution in [3.05, 3.63) is 35.4 Å². The third kappa shape index (κ3) is 5.29. The largest absolute Gasteiger partial charge is 0.478 e. The first kappa shape index (κ1) is 18.9. The topological polar surface area (TPSA) is 64.1 Å². The molecule has 0 bridgehead atoms. The van der Waals surface area contributed by atoms with Gasteiger partial charge < -0.3 is 10.0 Å². The third-order valence-corrected chi connectivity index (χ3v) is 5.39. The van der Waals surface area contributed by atoms with Gasteiger partial charge in [0.1, 0.15) is 0 Å². The van der Waals surface area contributed by atoms with Crippen LogP contribution in [0.1, 0.15) is 41.6 Å². The van der Waals surface area contributed by atoms with Gasteiger partial charge in [0.2, 0.25) is 5.91 Å². The first-order valence-corrected chi connectivity index (χ1v) is 9.66. The minimum atomic E-state index is -0.890. The van der Waals surface area contributed by atoms with E-state index < -0.39 is 5.97 Å². The average molecular weight is 359 g/mol. The van der Waals surface area contributed by atoms with Crippen LogP contribution < -0.4 is 0 Å². The maximum atomic E-state index is 12.5. The molecule has 142 valence electrons. The second-order valence-corrected chi connectivity index (χ2v) is 7.35. The van der Waals surface area contributed by atoms with E-state index in [0.717, 1.165) is 64.2 Å². The summed E-state index contributed by atoms with van der Waals surface area (Å²) in [7, 11) is 0. The number of hydrogen-bond donors (Lipinski definition) is 1. The number of carboxylic acids is 1. The standard InChI is InChI=1S/C20H29N3O3/c24-19(23-9-3-1-2-4-10-23)16-22-13-11-21(12-14-22)15-17-5-7-18(8-6-17)20(25)26/h5-8H,1-4,9-16H2,(H,25,26). The third-order valence-electron chi connectivity index (χ3n) is 5.39. The van der Waals surface area contributed by atoms with Crippen LogP contribution in [0.3, 0.4) is 0 Å². The van der Waals surface area contributed by atoms with E-state index in [2.05, 4.69) is 9.80 Å².